The number of nitro benzene ring substituents is 1. The maximum Gasteiger partial charge on any atom is 0.275 e. The Morgan fingerprint density at radius 2 is 2.00 bits per heavy atom. The molecule has 0 fully saturated rings. The molecule has 5 nitrogen and oxygen atoms in total. The van der Waals surface area contributed by atoms with Crippen molar-refractivity contribution in [3.8, 4) is 11.5 Å². The van der Waals surface area contributed by atoms with Gasteiger partial charge in [-0.05, 0) is 24.0 Å². The molecule has 0 aromatic heterocycles. The number of anilines is 1. The Hall–Kier alpha value is -2.56. The van der Waals surface area contributed by atoms with Gasteiger partial charge in [-0.2, -0.15) is 0 Å². The monoisotopic (exact) mass is 286 g/mol. The molecular weight excluding hydrogens is 268 g/mol. The number of hydrogen-bond acceptors (Lipinski definition) is 4. The highest BCUT2D eigenvalue weighted by Crippen LogP contribution is 2.34. The quantitative estimate of drug-likeness (QED) is 0.499. The van der Waals surface area contributed by atoms with Gasteiger partial charge < -0.3 is 10.5 Å². The van der Waals surface area contributed by atoms with Crippen molar-refractivity contribution in [1.29, 1.82) is 0 Å². The van der Waals surface area contributed by atoms with Gasteiger partial charge in [0.2, 0.25) is 0 Å². The first-order chi connectivity index (χ1) is 10.0. The van der Waals surface area contributed by atoms with E-state index in [9.17, 15) is 10.1 Å². The van der Waals surface area contributed by atoms with E-state index >= 15 is 0 Å². The first-order valence-corrected chi connectivity index (χ1v) is 6.83. The van der Waals surface area contributed by atoms with E-state index in [1.807, 2.05) is 24.3 Å². The second kappa shape index (κ2) is 6.26. The van der Waals surface area contributed by atoms with E-state index in [0.717, 1.165) is 12.0 Å². The summed E-state index contributed by atoms with van der Waals surface area (Å²) >= 11 is 0. The van der Waals surface area contributed by atoms with Crippen molar-refractivity contribution >= 4 is 11.4 Å². The number of rotatable bonds is 5. The lowest BCUT2D eigenvalue weighted by Gasteiger charge is -2.15. The van der Waals surface area contributed by atoms with Crippen LogP contribution in [0.25, 0.3) is 0 Å². The molecule has 0 amide bonds. The zero-order valence-corrected chi connectivity index (χ0v) is 12.1. The lowest BCUT2D eigenvalue weighted by Crippen LogP contribution is -1.97. The molecule has 5 heteroatoms. The van der Waals surface area contributed by atoms with Gasteiger partial charge in [-0.15, -0.1) is 0 Å². The molecule has 2 N–H and O–H groups in total. The van der Waals surface area contributed by atoms with Gasteiger partial charge in [0, 0.05) is 17.8 Å². The molecule has 0 aliphatic rings. The van der Waals surface area contributed by atoms with Gasteiger partial charge in [0.05, 0.1) is 11.0 Å². The molecule has 0 heterocycles. The van der Waals surface area contributed by atoms with E-state index in [0.29, 0.717) is 23.1 Å². The summed E-state index contributed by atoms with van der Waals surface area (Å²) in [6.07, 6.45) is 0.984. The van der Waals surface area contributed by atoms with Crippen LogP contribution in [0.2, 0.25) is 0 Å². The molecule has 0 aliphatic heterocycles. The van der Waals surface area contributed by atoms with Crippen LogP contribution in [-0.2, 0) is 0 Å². The fourth-order valence-electron chi connectivity index (χ4n) is 2.10. The molecule has 0 radical (unpaired) electrons. The predicted molar refractivity (Wildman–Crippen MR) is 82.7 cm³/mol. The maximum atomic E-state index is 10.9. The summed E-state index contributed by atoms with van der Waals surface area (Å²) in [5.41, 5.74) is 6.99. The smallest absolute Gasteiger partial charge is 0.275 e. The van der Waals surface area contributed by atoms with Crippen molar-refractivity contribution in [3.63, 3.8) is 0 Å². The third-order valence-corrected chi connectivity index (χ3v) is 3.41. The zero-order valence-electron chi connectivity index (χ0n) is 12.1. The first-order valence-electron chi connectivity index (χ1n) is 6.83. The minimum Gasteiger partial charge on any atom is -0.457 e. The number of para-hydroxylation sites is 1. The third kappa shape index (κ3) is 3.51. The fraction of sp³-hybridized carbons (Fsp3) is 0.250. The molecule has 1 atom stereocenters. The Kier molecular flexibility index (Phi) is 4.42. The van der Waals surface area contributed by atoms with E-state index in [1.54, 1.807) is 6.07 Å². The minimum atomic E-state index is -0.482. The molecule has 0 bridgehead atoms. The summed E-state index contributed by atoms with van der Waals surface area (Å²) < 4.78 is 5.82. The minimum absolute atomic E-state index is 0.0778. The molecule has 0 spiro atoms. The third-order valence-electron chi connectivity index (χ3n) is 3.41. The Morgan fingerprint density at radius 3 is 2.67 bits per heavy atom. The summed E-state index contributed by atoms with van der Waals surface area (Å²) in [5.74, 6) is 1.42. The molecule has 0 saturated heterocycles. The summed E-state index contributed by atoms with van der Waals surface area (Å²) in [6.45, 7) is 4.22. The Bertz CT molecular complexity index is 656. The van der Waals surface area contributed by atoms with Gasteiger partial charge in [0.15, 0.2) is 0 Å². The number of ether oxygens (including phenoxy) is 1. The van der Waals surface area contributed by atoms with E-state index in [1.165, 1.54) is 12.1 Å². The molecule has 0 saturated carbocycles. The highest BCUT2D eigenvalue weighted by atomic mass is 16.6. The molecule has 2 aromatic rings. The second-order valence-electron chi connectivity index (χ2n) is 4.97. The molecule has 1 unspecified atom stereocenters. The SMILES string of the molecule is CCC(C)c1ccccc1Oc1cc(N)cc([N+](=O)[O-])c1. The Morgan fingerprint density at radius 1 is 1.29 bits per heavy atom. The number of hydrogen-bond donors (Lipinski definition) is 1. The molecule has 110 valence electrons. The number of nitrogens with two attached hydrogens (primary N) is 1. The van der Waals surface area contributed by atoms with E-state index in [-0.39, 0.29) is 5.69 Å². The van der Waals surface area contributed by atoms with Crippen molar-refractivity contribution in [1.82, 2.24) is 0 Å². The van der Waals surface area contributed by atoms with Crippen LogP contribution in [0.4, 0.5) is 11.4 Å². The first kappa shape index (κ1) is 14.8. The zero-order chi connectivity index (χ0) is 15.4. The molecule has 2 rings (SSSR count). The van der Waals surface area contributed by atoms with E-state index < -0.39 is 4.92 Å². The number of non-ortho nitro benzene ring substituents is 1. The maximum absolute atomic E-state index is 10.9. The average molecular weight is 286 g/mol. The highest BCUT2D eigenvalue weighted by molar-refractivity contribution is 5.54. The molecule has 0 aliphatic carbocycles. The van der Waals surface area contributed by atoms with Gasteiger partial charge in [0.1, 0.15) is 11.5 Å². The topological polar surface area (TPSA) is 78.4 Å². The van der Waals surface area contributed by atoms with Gasteiger partial charge in [-0.25, -0.2) is 0 Å². The Labute approximate surface area is 123 Å². The van der Waals surface area contributed by atoms with Crippen molar-refractivity contribution in [3.05, 3.63) is 58.1 Å². The van der Waals surface area contributed by atoms with E-state index in [2.05, 4.69) is 13.8 Å². The van der Waals surface area contributed by atoms with Crippen molar-refractivity contribution in [2.24, 2.45) is 0 Å². The van der Waals surface area contributed by atoms with Gasteiger partial charge in [-0.1, -0.05) is 32.0 Å². The molecular formula is C16H18N2O3. The van der Waals surface area contributed by atoms with E-state index in [4.69, 9.17) is 10.5 Å². The number of nitro groups is 1. The van der Waals surface area contributed by atoms with Gasteiger partial charge in [0.25, 0.3) is 5.69 Å². The number of benzene rings is 2. The Balaban J connectivity index is 2.36. The van der Waals surface area contributed by atoms with Crippen LogP contribution in [0.15, 0.2) is 42.5 Å². The molecule has 2 aromatic carbocycles. The lowest BCUT2D eigenvalue weighted by atomic mass is 9.98. The van der Waals surface area contributed by atoms with Crippen LogP contribution in [0.5, 0.6) is 11.5 Å². The summed E-state index contributed by atoms with van der Waals surface area (Å²) in [6, 6.07) is 12.0. The number of nitrogen functional groups attached to an aromatic ring is 1. The van der Waals surface area contributed by atoms with Crippen LogP contribution in [0, 0.1) is 10.1 Å². The van der Waals surface area contributed by atoms with Crippen molar-refractivity contribution in [2.45, 2.75) is 26.2 Å². The summed E-state index contributed by atoms with van der Waals surface area (Å²) in [7, 11) is 0. The van der Waals surface area contributed by atoms with Crippen LogP contribution in [-0.4, -0.2) is 4.92 Å². The van der Waals surface area contributed by atoms with Crippen LogP contribution < -0.4 is 10.5 Å². The lowest BCUT2D eigenvalue weighted by molar-refractivity contribution is -0.384. The van der Waals surface area contributed by atoms with Gasteiger partial charge in [-0.3, -0.25) is 10.1 Å². The molecule has 21 heavy (non-hydrogen) atoms. The normalized spacial score (nSPS) is 11.9. The van der Waals surface area contributed by atoms with Crippen molar-refractivity contribution in [2.75, 3.05) is 5.73 Å². The number of nitrogens with zero attached hydrogens (tertiary/aromatic N) is 1. The standard InChI is InChI=1S/C16H18N2O3/c1-3-11(2)15-6-4-5-7-16(15)21-14-9-12(17)8-13(10-14)18(19)20/h4-11H,3,17H2,1-2H3. The fourth-order valence-corrected chi connectivity index (χ4v) is 2.10. The van der Waals surface area contributed by atoms with Gasteiger partial charge >= 0.3 is 0 Å². The van der Waals surface area contributed by atoms with Crippen LogP contribution >= 0.6 is 0 Å². The van der Waals surface area contributed by atoms with Crippen LogP contribution in [0.3, 0.4) is 0 Å². The second-order valence-corrected chi connectivity index (χ2v) is 4.97. The van der Waals surface area contributed by atoms with Crippen LogP contribution in [0.1, 0.15) is 31.7 Å². The summed E-state index contributed by atoms with van der Waals surface area (Å²) in [4.78, 5) is 10.4. The highest BCUT2D eigenvalue weighted by Gasteiger charge is 2.13. The van der Waals surface area contributed by atoms with Crippen molar-refractivity contribution < 1.29 is 9.66 Å². The summed E-state index contributed by atoms with van der Waals surface area (Å²) in [5, 5.41) is 10.9. The average Bonchev–Trinajstić information content (AvgIpc) is 2.46. The largest absolute Gasteiger partial charge is 0.457 e. The predicted octanol–water partition coefficient (Wildman–Crippen LogP) is 4.48.